The highest BCUT2D eigenvalue weighted by atomic mass is 79.9. The van der Waals surface area contributed by atoms with Crippen LogP contribution in [0.25, 0.3) is 5.69 Å². The summed E-state index contributed by atoms with van der Waals surface area (Å²) in [6.07, 6.45) is 1.46. The van der Waals surface area contributed by atoms with Gasteiger partial charge in [-0.15, -0.1) is 0 Å². The molecule has 0 radical (unpaired) electrons. The summed E-state index contributed by atoms with van der Waals surface area (Å²) in [6, 6.07) is 9.46. The average molecular weight is 302 g/mol. The van der Waals surface area contributed by atoms with E-state index in [0.717, 1.165) is 15.7 Å². The van der Waals surface area contributed by atoms with Gasteiger partial charge in [0.25, 0.3) is 0 Å². The van der Waals surface area contributed by atoms with E-state index in [2.05, 4.69) is 20.9 Å². The van der Waals surface area contributed by atoms with E-state index in [4.69, 9.17) is 16.3 Å². The Morgan fingerprint density at radius 1 is 1.33 bits per heavy atom. The highest BCUT2D eigenvalue weighted by Crippen LogP contribution is 2.22. The topological polar surface area (TPSA) is 91.4 Å². The molecule has 2 rings (SSSR count). The molecule has 1 heterocycles. The van der Waals surface area contributed by atoms with Gasteiger partial charge in [0.15, 0.2) is 11.4 Å². The molecule has 0 aliphatic heterocycles. The van der Waals surface area contributed by atoms with Crippen molar-refractivity contribution in [3.05, 3.63) is 46.0 Å². The monoisotopic (exact) mass is 301 g/mol. The van der Waals surface area contributed by atoms with Gasteiger partial charge in [-0.3, -0.25) is 4.57 Å². The van der Waals surface area contributed by atoms with Gasteiger partial charge in [0.05, 0.1) is 5.69 Å². The van der Waals surface area contributed by atoms with Gasteiger partial charge in [0.1, 0.15) is 18.5 Å². The van der Waals surface area contributed by atoms with Crippen LogP contribution in [-0.4, -0.2) is 9.55 Å². The molecule has 1 aromatic carbocycles. The molecular weight excluding hydrogens is 294 g/mol. The van der Waals surface area contributed by atoms with Crippen LogP contribution in [0.5, 0.6) is 0 Å². The van der Waals surface area contributed by atoms with E-state index >= 15 is 0 Å². The minimum atomic E-state index is 0.112. The van der Waals surface area contributed by atoms with Crippen molar-refractivity contribution in [3.8, 4) is 17.8 Å². The number of halogens is 1. The van der Waals surface area contributed by atoms with Crippen LogP contribution in [0.2, 0.25) is 0 Å². The Bertz CT molecular complexity index is 675. The fourth-order valence-corrected chi connectivity index (χ4v) is 2.00. The van der Waals surface area contributed by atoms with Crippen LogP contribution in [0.1, 0.15) is 17.0 Å². The largest absolute Gasteiger partial charge is 0.326 e. The van der Waals surface area contributed by atoms with Crippen LogP contribution >= 0.6 is 15.9 Å². The summed E-state index contributed by atoms with van der Waals surface area (Å²) in [7, 11) is 0. The van der Waals surface area contributed by atoms with Gasteiger partial charge in [0, 0.05) is 11.0 Å². The first-order valence-electron chi connectivity index (χ1n) is 5.07. The van der Waals surface area contributed by atoms with E-state index in [0.29, 0.717) is 6.54 Å². The van der Waals surface area contributed by atoms with Crippen molar-refractivity contribution >= 4 is 15.9 Å². The van der Waals surface area contributed by atoms with Gasteiger partial charge < -0.3 is 5.73 Å². The van der Waals surface area contributed by atoms with Crippen molar-refractivity contribution in [1.82, 2.24) is 9.55 Å². The van der Waals surface area contributed by atoms with Crippen molar-refractivity contribution in [2.24, 2.45) is 5.73 Å². The van der Waals surface area contributed by atoms with Gasteiger partial charge in [-0.2, -0.15) is 10.5 Å². The summed E-state index contributed by atoms with van der Waals surface area (Å²) in [5.41, 5.74) is 7.62. The van der Waals surface area contributed by atoms with Gasteiger partial charge in [-0.05, 0) is 17.7 Å². The van der Waals surface area contributed by atoms with Crippen LogP contribution in [0, 0.1) is 22.7 Å². The molecule has 2 aromatic rings. The average Bonchev–Trinajstić information content (AvgIpc) is 2.81. The van der Waals surface area contributed by atoms with Crippen molar-refractivity contribution < 1.29 is 0 Å². The summed E-state index contributed by atoms with van der Waals surface area (Å²) in [4.78, 5) is 3.91. The molecule has 0 saturated carbocycles. The van der Waals surface area contributed by atoms with E-state index in [-0.39, 0.29) is 11.4 Å². The molecule has 0 aliphatic carbocycles. The van der Waals surface area contributed by atoms with Crippen LogP contribution < -0.4 is 5.73 Å². The standard InChI is InChI=1S/C12H8BrN5/c13-9-2-1-8(4-14)11(3-9)18-7-17-10(5-15)12(18)6-16/h1-3,7H,4,14H2. The molecule has 0 spiro atoms. The quantitative estimate of drug-likeness (QED) is 0.916. The lowest BCUT2D eigenvalue weighted by atomic mass is 10.1. The minimum absolute atomic E-state index is 0.112. The second kappa shape index (κ2) is 5.01. The van der Waals surface area contributed by atoms with E-state index in [1.807, 2.05) is 30.3 Å². The first kappa shape index (κ1) is 12.3. The molecule has 0 atom stereocenters. The number of hydrogen-bond acceptors (Lipinski definition) is 4. The lowest BCUT2D eigenvalue weighted by Crippen LogP contribution is -2.05. The van der Waals surface area contributed by atoms with Crippen molar-refractivity contribution in [3.63, 3.8) is 0 Å². The highest BCUT2D eigenvalue weighted by Gasteiger charge is 2.13. The molecule has 5 nitrogen and oxygen atoms in total. The molecule has 1 aromatic heterocycles. The van der Waals surface area contributed by atoms with Gasteiger partial charge in [0.2, 0.25) is 0 Å². The summed E-state index contributed by atoms with van der Waals surface area (Å²) in [5, 5.41) is 18.0. The first-order chi connectivity index (χ1) is 8.71. The maximum absolute atomic E-state index is 9.11. The van der Waals surface area contributed by atoms with Gasteiger partial charge in [-0.1, -0.05) is 22.0 Å². The Morgan fingerprint density at radius 3 is 2.72 bits per heavy atom. The van der Waals surface area contributed by atoms with Crippen LogP contribution in [0.4, 0.5) is 0 Å². The maximum atomic E-state index is 9.11. The fourth-order valence-electron chi connectivity index (χ4n) is 1.65. The molecule has 0 aliphatic rings. The molecule has 0 fully saturated rings. The molecule has 2 N–H and O–H groups in total. The third kappa shape index (κ3) is 2.00. The molecule has 0 bridgehead atoms. The lowest BCUT2D eigenvalue weighted by Gasteiger charge is -2.10. The fraction of sp³-hybridized carbons (Fsp3) is 0.0833. The number of nitrogens with zero attached hydrogens (tertiary/aromatic N) is 4. The van der Waals surface area contributed by atoms with Crippen molar-refractivity contribution in [2.75, 3.05) is 0 Å². The summed E-state index contributed by atoms with van der Waals surface area (Å²) in [5.74, 6) is 0. The molecule has 0 unspecified atom stereocenters. The zero-order chi connectivity index (χ0) is 13.1. The predicted octanol–water partition coefficient (Wildman–Crippen LogP) is 1.84. The summed E-state index contributed by atoms with van der Waals surface area (Å²) in [6.45, 7) is 0.341. The number of hydrogen-bond donors (Lipinski definition) is 1. The maximum Gasteiger partial charge on any atom is 0.177 e. The molecule has 6 heteroatoms. The molecular formula is C12H8BrN5. The Balaban J connectivity index is 2.70. The zero-order valence-corrected chi connectivity index (χ0v) is 10.8. The van der Waals surface area contributed by atoms with Crippen molar-refractivity contribution in [2.45, 2.75) is 6.54 Å². The predicted molar refractivity (Wildman–Crippen MR) is 68.6 cm³/mol. The number of aromatic nitrogens is 2. The van der Waals surface area contributed by atoms with E-state index < -0.39 is 0 Å². The summed E-state index contributed by atoms with van der Waals surface area (Å²) < 4.78 is 2.44. The number of imidazole rings is 1. The zero-order valence-electron chi connectivity index (χ0n) is 9.26. The van der Waals surface area contributed by atoms with Crippen LogP contribution in [0.3, 0.4) is 0 Å². The number of benzene rings is 1. The Hall–Kier alpha value is -2.15. The Kier molecular flexibility index (Phi) is 3.42. The van der Waals surface area contributed by atoms with E-state index in [1.165, 1.54) is 6.33 Å². The van der Waals surface area contributed by atoms with Gasteiger partial charge >= 0.3 is 0 Å². The minimum Gasteiger partial charge on any atom is -0.326 e. The normalized spacial score (nSPS) is 9.78. The first-order valence-corrected chi connectivity index (χ1v) is 5.87. The second-order valence-corrected chi connectivity index (χ2v) is 4.43. The van der Waals surface area contributed by atoms with E-state index in [9.17, 15) is 0 Å². The Morgan fingerprint density at radius 2 is 2.11 bits per heavy atom. The number of nitriles is 2. The van der Waals surface area contributed by atoms with Crippen LogP contribution in [-0.2, 0) is 6.54 Å². The highest BCUT2D eigenvalue weighted by molar-refractivity contribution is 9.10. The number of rotatable bonds is 2. The van der Waals surface area contributed by atoms with Crippen molar-refractivity contribution in [1.29, 1.82) is 10.5 Å². The molecule has 88 valence electrons. The third-order valence-corrected chi connectivity index (χ3v) is 3.00. The Labute approximate surface area is 112 Å². The lowest BCUT2D eigenvalue weighted by molar-refractivity contribution is 0.970. The SMILES string of the molecule is N#Cc1ncn(-c2cc(Br)ccc2CN)c1C#N. The summed E-state index contributed by atoms with van der Waals surface area (Å²) >= 11 is 3.37. The van der Waals surface area contributed by atoms with Gasteiger partial charge in [-0.25, -0.2) is 4.98 Å². The molecule has 18 heavy (non-hydrogen) atoms. The smallest absolute Gasteiger partial charge is 0.177 e. The van der Waals surface area contributed by atoms with E-state index in [1.54, 1.807) is 4.57 Å². The van der Waals surface area contributed by atoms with Crippen LogP contribution in [0.15, 0.2) is 29.0 Å². The molecule has 0 amide bonds. The third-order valence-electron chi connectivity index (χ3n) is 2.51. The second-order valence-electron chi connectivity index (χ2n) is 3.51. The number of nitrogens with two attached hydrogens (primary N) is 1. The molecule has 0 saturated heterocycles.